The third kappa shape index (κ3) is 3.57. The van der Waals surface area contributed by atoms with Crippen molar-refractivity contribution >= 4 is 28.8 Å². The number of thiophene rings is 1. The van der Waals surface area contributed by atoms with Crippen molar-refractivity contribution in [2.24, 2.45) is 0 Å². The molecule has 2 aromatic heterocycles. The number of carbonyl (C=O) groups is 2. The number of nitrogens with zero attached hydrogens (tertiary/aromatic N) is 2. The maximum atomic E-state index is 13.1. The molecule has 1 N–H and O–H groups in total. The Labute approximate surface area is 184 Å². The molecule has 0 radical (unpaired) electrons. The highest BCUT2D eigenvalue weighted by molar-refractivity contribution is 7.09. The number of aromatic nitrogens is 1. The first-order valence-electron chi connectivity index (χ1n) is 10.5. The lowest BCUT2D eigenvalue weighted by atomic mass is 9.89. The van der Waals surface area contributed by atoms with E-state index in [1.807, 2.05) is 35.7 Å². The predicted molar refractivity (Wildman–Crippen MR) is 119 cm³/mol. The van der Waals surface area contributed by atoms with Crippen LogP contribution in [-0.4, -0.2) is 26.7 Å². The van der Waals surface area contributed by atoms with Gasteiger partial charge in [-0.25, -0.2) is 0 Å². The number of carbonyl (C=O) groups excluding carboxylic acids is 2. The number of Topliss-reactive ketones (excluding diaryl/α,β-unsaturated/α-hetero) is 1. The predicted octanol–water partition coefficient (Wildman–Crippen LogP) is 4.64. The summed E-state index contributed by atoms with van der Waals surface area (Å²) in [7, 11) is 0. The van der Waals surface area contributed by atoms with Crippen molar-refractivity contribution in [1.29, 1.82) is 0 Å². The van der Waals surface area contributed by atoms with E-state index in [4.69, 9.17) is 0 Å². The summed E-state index contributed by atoms with van der Waals surface area (Å²) in [5, 5.41) is 13.2. The van der Waals surface area contributed by atoms with Crippen LogP contribution >= 0.6 is 11.3 Å². The number of benzene rings is 1. The summed E-state index contributed by atoms with van der Waals surface area (Å²) >= 11 is 1.54. The fourth-order valence-corrected chi connectivity index (χ4v) is 5.24. The Morgan fingerprint density at radius 1 is 1.06 bits per heavy atom. The lowest BCUT2D eigenvalue weighted by Gasteiger charge is -2.25. The Kier molecular flexibility index (Phi) is 5.16. The van der Waals surface area contributed by atoms with Crippen LogP contribution in [0.5, 0.6) is 0 Å². The smallest absolute Gasteiger partial charge is 0.295 e. The number of amides is 1. The highest BCUT2D eigenvalue weighted by atomic mass is 32.1. The number of fused-ring (bicyclic) bond motifs is 1. The second kappa shape index (κ2) is 8.12. The van der Waals surface area contributed by atoms with Crippen LogP contribution in [0.4, 0.5) is 0 Å². The minimum absolute atomic E-state index is 0.109. The normalized spacial score (nSPS) is 20.1. The molecule has 2 aliphatic rings. The summed E-state index contributed by atoms with van der Waals surface area (Å²) < 4.78 is 0. The number of pyridine rings is 1. The van der Waals surface area contributed by atoms with E-state index in [0.29, 0.717) is 12.1 Å². The van der Waals surface area contributed by atoms with Gasteiger partial charge in [-0.2, -0.15) is 0 Å². The topological polar surface area (TPSA) is 70.5 Å². The van der Waals surface area contributed by atoms with Crippen LogP contribution in [0.2, 0.25) is 0 Å². The third-order valence-corrected chi connectivity index (χ3v) is 6.95. The zero-order valence-electron chi connectivity index (χ0n) is 17.0. The molecule has 5 nitrogen and oxygen atoms in total. The summed E-state index contributed by atoms with van der Waals surface area (Å²) in [6.07, 6.45) is 7.59. The van der Waals surface area contributed by atoms with Crippen LogP contribution in [0.15, 0.2) is 65.8 Å². The molecule has 156 valence electrons. The molecule has 0 saturated carbocycles. The molecule has 5 rings (SSSR count). The molecule has 1 fully saturated rings. The molecular weight excluding hydrogens is 408 g/mol. The van der Waals surface area contributed by atoms with Crippen molar-refractivity contribution in [3.8, 4) is 0 Å². The molecule has 0 spiro atoms. The minimum Gasteiger partial charge on any atom is -0.507 e. The molecule has 1 aromatic carbocycles. The lowest BCUT2D eigenvalue weighted by Crippen LogP contribution is -2.28. The first-order valence-corrected chi connectivity index (χ1v) is 11.3. The second-order valence-corrected chi connectivity index (χ2v) is 9.01. The monoisotopic (exact) mass is 430 g/mol. The molecule has 31 heavy (non-hydrogen) atoms. The molecule has 1 aliphatic heterocycles. The van der Waals surface area contributed by atoms with Gasteiger partial charge < -0.3 is 10.0 Å². The number of hydrogen-bond donors (Lipinski definition) is 1. The Bertz CT molecular complexity index is 1170. The maximum absolute atomic E-state index is 13.1. The van der Waals surface area contributed by atoms with Crippen molar-refractivity contribution in [2.75, 3.05) is 0 Å². The van der Waals surface area contributed by atoms with Gasteiger partial charge in [0.05, 0.1) is 18.2 Å². The summed E-state index contributed by atoms with van der Waals surface area (Å²) in [5.74, 6) is -1.34. The van der Waals surface area contributed by atoms with Crippen LogP contribution in [-0.2, 0) is 29.0 Å². The van der Waals surface area contributed by atoms with Crippen LogP contribution in [0.25, 0.3) is 5.76 Å². The average molecular weight is 431 g/mol. The molecule has 1 unspecified atom stereocenters. The molecule has 1 saturated heterocycles. The van der Waals surface area contributed by atoms with Gasteiger partial charge in [0.15, 0.2) is 0 Å². The zero-order valence-corrected chi connectivity index (χ0v) is 17.8. The fourth-order valence-electron chi connectivity index (χ4n) is 4.54. The Balaban J connectivity index is 1.63. The molecule has 1 amide bonds. The fraction of sp³-hybridized carbons (Fsp3) is 0.240. The van der Waals surface area contributed by atoms with Gasteiger partial charge >= 0.3 is 0 Å². The van der Waals surface area contributed by atoms with E-state index in [-0.39, 0.29) is 11.3 Å². The third-order valence-electron chi connectivity index (χ3n) is 6.09. The Morgan fingerprint density at radius 3 is 2.58 bits per heavy atom. The van der Waals surface area contributed by atoms with Crippen molar-refractivity contribution in [2.45, 2.75) is 38.3 Å². The van der Waals surface area contributed by atoms with Crippen molar-refractivity contribution in [3.05, 3.63) is 92.9 Å². The Hall–Kier alpha value is -3.25. The summed E-state index contributed by atoms with van der Waals surface area (Å²) in [4.78, 5) is 32.7. The number of likely N-dealkylation sites (tertiary alicyclic amines) is 1. The van der Waals surface area contributed by atoms with Gasteiger partial charge in [0, 0.05) is 22.8 Å². The number of aliphatic hydroxyl groups is 1. The van der Waals surface area contributed by atoms with Gasteiger partial charge in [-0.15, -0.1) is 11.3 Å². The highest BCUT2D eigenvalue weighted by Crippen LogP contribution is 2.40. The molecule has 1 atom stereocenters. The zero-order chi connectivity index (χ0) is 21.4. The molecule has 3 heterocycles. The standard InChI is InChI=1S/C25H22N2O3S/c28-23(19-8-7-16-4-1-2-5-18(16)14-19)21-22(17-9-11-26-12-10-17)27(25(30)24(21)29)15-20-6-3-13-31-20/h3,6-14,22,28H,1-2,4-5,15H2/b23-21-. The van der Waals surface area contributed by atoms with Crippen molar-refractivity contribution in [3.63, 3.8) is 0 Å². The number of hydrogen-bond acceptors (Lipinski definition) is 5. The SMILES string of the molecule is O=C1C(=O)N(Cc2cccs2)C(c2ccncc2)/C1=C(/O)c1ccc2c(c1)CCCC2. The summed E-state index contributed by atoms with van der Waals surface area (Å²) in [6.45, 7) is 0.316. The van der Waals surface area contributed by atoms with E-state index in [9.17, 15) is 14.7 Å². The average Bonchev–Trinajstić information content (AvgIpc) is 3.41. The quantitative estimate of drug-likeness (QED) is 0.372. The summed E-state index contributed by atoms with van der Waals surface area (Å²) in [5.41, 5.74) is 4.00. The number of aryl methyl sites for hydroxylation is 2. The van der Waals surface area contributed by atoms with Crippen LogP contribution < -0.4 is 0 Å². The van der Waals surface area contributed by atoms with Gasteiger partial charge in [0.25, 0.3) is 11.7 Å². The molecule has 3 aromatic rings. The number of ketones is 1. The van der Waals surface area contributed by atoms with E-state index in [1.54, 1.807) is 29.4 Å². The molecule has 6 heteroatoms. The van der Waals surface area contributed by atoms with E-state index in [2.05, 4.69) is 4.98 Å². The van der Waals surface area contributed by atoms with Gasteiger partial charge in [0.2, 0.25) is 0 Å². The van der Waals surface area contributed by atoms with Gasteiger partial charge in [-0.3, -0.25) is 14.6 Å². The summed E-state index contributed by atoms with van der Waals surface area (Å²) in [6, 6.07) is 12.7. The van der Waals surface area contributed by atoms with E-state index >= 15 is 0 Å². The van der Waals surface area contributed by atoms with Crippen LogP contribution in [0.1, 0.15) is 46.0 Å². The van der Waals surface area contributed by atoms with Gasteiger partial charge in [-0.1, -0.05) is 18.2 Å². The van der Waals surface area contributed by atoms with Crippen molar-refractivity contribution < 1.29 is 14.7 Å². The van der Waals surface area contributed by atoms with Gasteiger partial charge in [-0.05, 0) is 72.0 Å². The first-order chi connectivity index (χ1) is 15.1. The second-order valence-electron chi connectivity index (χ2n) is 7.98. The largest absolute Gasteiger partial charge is 0.507 e. The molecule has 0 bridgehead atoms. The van der Waals surface area contributed by atoms with Gasteiger partial charge in [0.1, 0.15) is 5.76 Å². The first kappa shape index (κ1) is 19.7. The minimum atomic E-state index is -0.652. The van der Waals surface area contributed by atoms with E-state index < -0.39 is 17.7 Å². The van der Waals surface area contributed by atoms with Crippen LogP contribution in [0, 0.1) is 0 Å². The molecular formula is C25H22N2O3S. The van der Waals surface area contributed by atoms with Crippen molar-refractivity contribution in [1.82, 2.24) is 9.88 Å². The lowest BCUT2D eigenvalue weighted by molar-refractivity contribution is -0.140. The van der Waals surface area contributed by atoms with E-state index in [1.165, 1.54) is 28.9 Å². The number of rotatable bonds is 4. The number of aliphatic hydroxyl groups excluding tert-OH is 1. The van der Waals surface area contributed by atoms with Crippen LogP contribution in [0.3, 0.4) is 0 Å². The molecule has 1 aliphatic carbocycles. The maximum Gasteiger partial charge on any atom is 0.295 e. The van der Waals surface area contributed by atoms with E-state index in [0.717, 1.165) is 29.7 Å². The Morgan fingerprint density at radius 2 is 1.84 bits per heavy atom. The highest BCUT2D eigenvalue weighted by Gasteiger charge is 2.46.